The number of rotatable bonds is 4. The van der Waals surface area contributed by atoms with Gasteiger partial charge in [-0.15, -0.1) is 11.3 Å². The Morgan fingerprint density at radius 3 is 2.71 bits per heavy atom. The molecule has 0 radical (unpaired) electrons. The molecule has 0 spiro atoms. The summed E-state index contributed by atoms with van der Waals surface area (Å²) in [7, 11) is 0. The molecule has 3 rings (SSSR count). The second-order valence-corrected chi connectivity index (χ2v) is 9.51. The Labute approximate surface area is 137 Å². The number of aryl methyl sites for hydroxylation is 2. The minimum atomic E-state index is 0.116. The van der Waals surface area contributed by atoms with E-state index in [1.807, 2.05) is 11.3 Å². The summed E-state index contributed by atoms with van der Waals surface area (Å²) in [6.07, 6.45) is 7.55. The normalized spacial score (nSPS) is 28.3. The minimum absolute atomic E-state index is 0.116. The third kappa shape index (κ3) is 3.32. The Kier molecular flexibility index (Phi) is 4.68. The van der Waals surface area contributed by atoms with E-state index in [1.165, 1.54) is 60.7 Å². The third-order valence-corrected chi connectivity index (χ3v) is 7.63. The van der Waals surface area contributed by atoms with Crippen LogP contribution in [0.15, 0.2) is 0 Å². The molecule has 0 amide bonds. The van der Waals surface area contributed by atoms with Crippen LogP contribution in [0.4, 0.5) is 0 Å². The van der Waals surface area contributed by atoms with Crippen LogP contribution in [-0.2, 0) is 18.4 Å². The van der Waals surface area contributed by atoms with Gasteiger partial charge in [0.1, 0.15) is 5.01 Å². The maximum absolute atomic E-state index is 5.11. The van der Waals surface area contributed by atoms with E-state index in [0.29, 0.717) is 5.41 Å². The van der Waals surface area contributed by atoms with E-state index >= 15 is 0 Å². The molecule has 1 saturated heterocycles. The Balaban J connectivity index is 1.92. The summed E-state index contributed by atoms with van der Waals surface area (Å²) in [5.74, 6) is 2.45. The predicted molar refractivity (Wildman–Crippen MR) is 94.5 cm³/mol. The first-order valence-corrected chi connectivity index (χ1v) is 10.3. The highest BCUT2D eigenvalue weighted by atomic mass is 32.2. The van der Waals surface area contributed by atoms with Crippen LogP contribution in [0.1, 0.15) is 62.0 Å². The fourth-order valence-corrected chi connectivity index (χ4v) is 6.52. The summed E-state index contributed by atoms with van der Waals surface area (Å²) in [6.45, 7) is 8.18. The summed E-state index contributed by atoms with van der Waals surface area (Å²) < 4.78 is 0. The maximum atomic E-state index is 5.11. The maximum Gasteiger partial charge on any atom is 0.114 e. The minimum Gasteiger partial charge on any atom is -0.305 e. The molecule has 2 heterocycles. The van der Waals surface area contributed by atoms with Crippen LogP contribution in [0.5, 0.6) is 0 Å². The van der Waals surface area contributed by atoms with Crippen LogP contribution in [0, 0.1) is 5.41 Å². The lowest BCUT2D eigenvalue weighted by molar-refractivity contribution is 0.224. The number of aromatic nitrogens is 1. The van der Waals surface area contributed by atoms with E-state index in [1.54, 1.807) is 4.88 Å². The molecule has 1 aliphatic carbocycles. The van der Waals surface area contributed by atoms with Crippen molar-refractivity contribution in [2.45, 2.75) is 64.8 Å². The summed E-state index contributed by atoms with van der Waals surface area (Å²) >= 11 is 4.11. The van der Waals surface area contributed by atoms with E-state index < -0.39 is 0 Å². The number of thioether (sulfide) groups is 1. The van der Waals surface area contributed by atoms with E-state index in [-0.39, 0.29) is 5.54 Å². The summed E-state index contributed by atoms with van der Waals surface area (Å²) in [6, 6.07) is 0. The molecule has 4 heteroatoms. The number of hydrogen-bond acceptors (Lipinski definition) is 4. The van der Waals surface area contributed by atoms with Crippen molar-refractivity contribution >= 4 is 23.1 Å². The lowest BCUT2D eigenvalue weighted by Gasteiger charge is -2.44. The monoisotopic (exact) mass is 324 g/mol. The van der Waals surface area contributed by atoms with Crippen LogP contribution < -0.4 is 5.32 Å². The SMILES string of the molecule is CCCNC1(c2nc3c(s2)CCCC3)CSCC(C)(C)C1. The lowest BCUT2D eigenvalue weighted by atomic mass is 9.80. The highest BCUT2D eigenvalue weighted by molar-refractivity contribution is 7.99. The molecule has 0 bridgehead atoms. The predicted octanol–water partition coefficient (Wildman–Crippen LogP) is 4.38. The Morgan fingerprint density at radius 2 is 2.00 bits per heavy atom. The van der Waals surface area contributed by atoms with Crippen LogP contribution >= 0.6 is 23.1 Å². The molecule has 2 nitrogen and oxygen atoms in total. The van der Waals surface area contributed by atoms with Crippen molar-refractivity contribution in [1.29, 1.82) is 0 Å². The van der Waals surface area contributed by atoms with Crippen molar-refractivity contribution < 1.29 is 0 Å². The molecular formula is C17H28N2S2. The molecular weight excluding hydrogens is 296 g/mol. The fraction of sp³-hybridized carbons (Fsp3) is 0.824. The Hall–Kier alpha value is -0.0600. The highest BCUT2D eigenvalue weighted by Crippen LogP contribution is 2.46. The van der Waals surface area contributed by atoms with Crippen molar-refractivity contribution in [2.24, 2.45) is 5.41 Å². The van der Waals surface area contributed by atoms with E-state index in [9.17, 15) is 0 Å². The smallest absolute Gasteiger partial charge is 0.114 e. The van der Waals surface area contributed by atoms with Crippen LogP contribution in [0.2, 0.25) is 0 Å². The van der Waals surface area contributed by atoms with E-state index in [2.05, 4.69) is 37.8 Å². The lowest BCUT2D eigenvalue weighted by Crippen LogP contribution is -2.51. The van der Waals surface area contributed by atoms with Gasteiger partial charge in [-0.25, -0.2) is 4.98 Å². The van der Waals surface area contributed by atoms with Crippen molar-refractivity contribution in [2.75, 3.05) is 18.1 Å². The first-order chi connectivity index (χ1) is 10.0. The van der Waals surface area contributed by atoms with Crippen LogP contribution in [-0.4, -0.2) is 23.0 Å². The van der Waals surface area contributed by atoms with Gasteiger partial charge in [0.2, 0.25) is 0 Å². The largest absolute Gasteiger partial charge is 0.305 e. The first kappa shape index (κ1) is 15.8. The van der Waals surface area contributed by atoms with Gasteiger partial charge in [-0.2, -0.15) is 11.8 Å². The highest BCUT2D eigenvalue weighted by Gasteiger charge is 2.43. The number of fused-ring (bicyclic) bond motifs is 1. The van der Waals surface area contributed by atoms with Crippen LogP contribution in [0.25, 0.3) is 0 Å². The van der Waals surface area contributed by atoms with Gasteiger partial charge in [-0.05, 0) is 56.2 Å². The van der Waals surface area contributed by atoms with E-state index in [4.69, 9.17) is 4.98 Å². The van der Waals surface area contributed by atoms with Gasteiger partial charge in [0.15, 0.2) is 0 Å². The van der Waals surface area contributed by atoms with Gasteiger partial charge in [-0.1, -0.05) is 20.8 Å². The van der Waals surface area contributed by atoms with Gasteiger partial charge in [0.25, 0.3) is 0 Å². The van der Waals surface area contributed by atoms with Gasteiger partial charge < -0.3 is 5.32 Å². The molecule has 1 aromatic heterocycles. The number of hydrogen-bond donors (Lipinski definition) is 1. The van der Waals surface area contributed by atoms with Crippen molar-refractivity contribution in [3.63, 3.8) is 0 Å². The van der Waals surface area contributed by atoms with Gasteiger partial charge in [0.05, 0.1) is 11.2 Å². The van der Waals surface area contributed by atoms with Crippen molar-refractivity contribution in [3.05, 3.63) is 15.6 Å². The zero-order valence-electron chi connectivity index (χ0n) is 13.6. The van der Waals surface area contributed by atoms with Crippen molar-refractivity contribution in [3.8, 4) is 0 Å². The number of nitrogens with one attached hydrogen (secondary N) is 1. The second kappa shape index (κ2) is 6.21. The molecule has 1 aromatic rings. The summed E-state index contributed by atoms with van der Waals surface area (Å²) in [5, 5.41) is 5.27. The van der Waals surface area contributed by atoms with E-state index in [0.717, 1.165) is 6.54 Å². The molecule has 1 aliphatic heterocycles. The Morgan fingerprint density at radius 1 is 1.19 bits per heavy atom. The average Bonchev–Trinajstić information content (AvgIpc) is 2.88. The molecule has 0 saturated carbocycles. The summed E-state index contributed by atoms with van der Waals surface area (Å²) in [5.41, 5.74) is 1.92. The zero-order valence-corrected chi connectivity index (χ0v) is 15.3. The topological polar surface area (TPSA) is 24.9 Å². The van der Waals surface area contributed by atoms with Gasteiger partial charge in [-0.3, -0.25) is 0 Å². The second-order valence-electron chi connectivity index (χ2n) is 7.44. The molecule has 1 N–H and O–H groups in total. The van der Waals surface area contributed by atoms with Gasteiger partial charge in [0, 0.05) is 10.6 Å². The molecule has 1 unspecified atom stereocenters. The van der Waals surface area contributed by atoms with Gasteiger partial charge >= 0.3 is 0 Å². The summed E-state index contributed by atoms with van der Waals surface area (Å²) in [4.78, 5) is 6.68. The molecule has 1 atom stereocenters. The molecule has 118 valence electrons. The Bertz CT molecular complexity index is 471. The van der Waals surface area contributed by atoms with Crippen LogP contribution in [0.3, 0.4) is 0 Å². The standard InChI is InChI=1S/C17H28N2S2/c1-4-9-18-17(10-16(2,3)11-20-12-17)15-19-13-7-5-6-8-14(13)21-15/h18H,4-12H2,1-3H3. The molecule has 0 aromatic carbocycles. The first-order valence-electron chi connectivity index (χ1n) is 8.36. The average molecular weight is 325 g/mol. The van der Waals surface area contributed by atoms with Crippen molar-refractivity contribution in [1.82, 2.24) is 10.3 Å². The molecule has 1 fully saturated rings. The fourth-order valence-electron chi connectivity index (χ4n) is 3.67. The quantitative estimate of drug-likeness (QED) is 0.889. The zero-order chi connectivity index (χ0) is 14.9. The number of thiazole rings is 1. The third-order valence-electron chi connectivity index (χ3n) is 4.59. The number of nitrogens with zero attached hydrogens (tertiary/aromatic N) is 1. The molecule has 2 aliphatic rings. The molecule has 21 heavy (non-hydrogen) atoms.